The Bertz CT molecular complexity index is 985. The Morgan fingerprint density at radius 3 is 2.70 bits per heavy atom. The Balaban J connectivity index is 1.77. The maximum absolute atomic E-state index is 12.9. The number of aromatic nitrogens is 1. The van der Waals surface area contributed by atoms with Crippen LogP contribution in [0.25, 0.3) is 16.5 Å². The molecule has 8 heteroatoms. The van der Waals surface area contributed by atoms with E-state index in [-0.39, 0.29) is 37.2 Å². The van der Waals surface area contributed by atoms with E-state index in [1.165, 1.54) is 13.1 Å². The summed E-state index contributed by atoms with van der Waals surface area (Å²) in [6, 6.07) is 7.00. The third kappa shape index (κ3) is 5.17. The fourth-order valence-corrected chi connectivity index (χ4v) is 3.67. The molecule has 0 radical (unpaired) electrons. The number of hydrogen-bond donors (Lipinski definition) is 2. The average Bonchev–Trinajstić information content (AvgIpc) is 2.70. The SMILES string of the molecule is CC(=O)N[C@H](C)CNC(=O)c1cnc2c(C3=CCC(C(F)(F)F)CC3)cccc2c1. The Morgan fingerprint density at radius 2 is 2.07 bits per heavy atom. The highest BCUT2D eigenvalue weighted by molar-refractivity contribution is 5.99. The Kier molecular flexibility index (Phi) is 6.43. The number of carbonyl (C=O) groups excluding carboxylic acids is 2. The molecule has 160 valence electrons. The lowest BCUT2D eigenvalue weighted by atomic mass is 9.85. The molecule has 1 aromatic heterocycles. The van der Waals surface area contributed by atoms with Gasteiger partial charge in [0.1, 0.15) is 0 Å². The number of fused-ring (bicyclic) bond motifs is 1. The number of allylic oxidation sites excluding steroid dienone is 2. The molecular weight excluding hydrogens is 395 g/mol. The monoisotopic (exact) mass is 419 g/mol. The zero-order valence-corrected chi connectivity index (χ0v) is 16.8. The smallest absolute Gasteiger partial charge is 0.352 e. The summed E-state index contributed by atoms with van der Waals surface area (Å²) in [6.45, 7) is 3.48. The summed E-state index contributed by atoms with van der Waals surface area (Å²) < 4.78 is 38.8. The number of alkyl halides is 3. The topological polar surface area (TPSA) is 71.1 Å². The lowest BCUT2D eigenvalue weighted by molar-refractivity contribution is -0.175. The molecule has 2 aromatic rings. The molecule has 30 heavy (non-hydrogen) atoms. The third-order valence-electron chi connectivity index (χ3n) is 5.21. The van der Waals surface area contributed by atoms with Gasteiger partial charge in [0.2, 0.25) is 5.91 Å². The quantitative estimate of drug-likeness (QED) is 0.762. The second kappa shape index (κ2) is 8.85. The maximum Gasteiger partial charge on any atom is 0.392 e. The first-order chi connectivity index (χ1) is 14.1. The molecule has 5 nitrogen and oxygen atoms in total. The van der Waals surface area contributed by atoms with Crippen molar-refractivity contribution in [3.63, 3.8) is 0 Å². The molecule has 0 saturated heterocycles. The highest BCUT2D eigenvalue weighted by atomic mass is 19.4. The number of para-hydroxylation sites is 1. The number of benzene rings is 1. The maximum atomic E-state index is 12.9. The van der Waals surface area contributed by atoms with Crippen LogP contribution in [0.4, 0.5) is 13.2 Å². The van der Waals surface area contributed by atoms with Crippen LogP contribution >= 0.6 is 0 Å². The number of amides is 2. The van der Waals surface area contributed by atoms with E-state index in [0.29, 0.717) is 17.5 Å². The van der Waals surface area contributed by atoms with Gasteiger partial charge < -0.3 is 10.6 Å². The molecule has 0 spiro atoms. The van der Waals surface area contributed by atoms with E-state index in [2.05, 4.69) is 15.6 Å². The van der Waals surface area contributed by atoms with Crippen molar-refractivity contribution in [3.8, 4) is 0 Å². The molecule has 0 aliphatic heterocycles. The van der Waals surface area contributed by atoms with Gasteiger partial charge in [-0.1, -0.05) is 24.3 Å². The molecule has 2 amide bonds. The summed E-state index contributed by atoms with van der Waals surface area (Å²) in [6.07, 6.45) is -0.665. The zero-order valence-electron chi connectivity index (χ0n) is 16.8. The van der Waals surface area contributed by atoms with Gasteiger partial charge in [-0.15, -0.1) is 0 Å². The van der Waals surface area contributed by atoms with E-state index >= 15 is 0 Å². The van der Waals surface area contributed by atoms with E-state index in [1.807, 2.05) is 18.2 Å². The molecule has 3 rings (SSSR count). The molecule has 0 bridgehead atoms. The van der Waals surface area contributed by atoms with Crippen LogP contribution in [-0.2, 0) is 4.79 Å². The first-order valence-electron chi connectivity index (χ1n) is 9.85. The van der Waals surface area contributed by atoms with Gasteiger partial charge in [0.15, 0.2) is 0 Å². The molecule has 0 fully saturated rings. The predicted octanol–water partition coefficient (Wildman–Crippen LogP) is 4.24. The van der Waals surface area contributed by atoms with E-state index in [1.54, 1.807) is 19.1 Å². The van der Waals surface area contributed by atoms with Crippen molar-refractivity contribution >= 4 is 28.3 Å². The summed E-state index contributed by atoms with van der Waals surface area (Å²) in [5.41, 5.74) is 2.70. The van der Waals surface area contributed by atoms with Crippen LogP contribution in [0.3, 0.4) is 0 Å². The van der Waals surface area contributed by atoms with Crippen LogP contribution in [0.15, 0.2) is 36.5 Å². The van der Waals surface area contributed by atoms with E-state index in [0.717, 1.165) is 16.5 Å². The van der Waals surface area contributed by atoms with Crippen molar-refractivity contribution in [1.82, 2.24) is 15.6 Å². The third-order valence-corrected chi connectivity index (χ3v) is 5.21. The van der Waals surface area contributed by atoms with E-state index in [4.69, 9.17) is 0 Å². The van der Waals surface area contributed by atoms with Crippen LogP contribution in [-0.4, -0.2) is 35.6 Å². The molecule has 1 aromatic carbocycles. The molecule has 1 aliphatic carbocycles. The van der Waals surface area contributed by atoms with Gasteiger partial charge in [-0.25, -0.2) is 0 Å². The van der Waals surface area contributed by atoms with Gasteiger partial charge in [0.25, 0.3) is 5.91 Å². The number of pyridine rings is 1. The van der Waals surface area contributed by atoms with Crippen molar-refractivity contribution in [1.29, 1.82) is 0 Å². The predicted molar refractivity (Wildman–Crippen MR) is 109 cm³/mol. The zero-order chi connectivity index (χ0) is 21.9. The van der Waals surface area contributed by atoms with Gasteiger partial charge in [-0.05, 0) is 37.8 Å². The van der Waals surface area contributed by atoms with Crippen LogP contribution in [0.2, 0.25) is 0 Å². The first kappa shape index (κ1) is 21.8. The lowest BCUT2D eigenvalue weighted by Crippen LogP contribution is -2.40. The second-order valence-corrected chi connectivity index (χ2v) is 7.66. The summed E-state index contributed by atoms with van der Waals surface area (Å²) in [5, 5.41) is 6.19. The largest absolute Gasteiger partial charge is 0.392 e. The summed E-state index contributed by atoms with van der Waals surface area (Å²) in [4.78, 5) is 27.9. The van der Waals surface area contributed by atoms with Crippen LogP contribution in [0.1, 0.15) is 49.0 Å². The van der Waals surface area contributed by atoms with Gasteiger partial charge >= 0.3 is 6.18 Å². The van der Waals surface area contributed by atoms with Gasteiger partial charge in [0, 0.05) is 36.7 Å². The summed E-state index contributed by atoms with van der Waals surface area (Å²) in [7, 11) is 0. The average molecular weight is 419 g/mol. The molecule has 1 aliphatic rings. The van der Waals surface area contributed by atoms with Gasteiger partial charge in [-0.3, -0.25) is 14.6 Å². The van der Waals surface area contributed by atoms with Crippen molar-refractivity contribution in [2.24, 2.45) is 5.92 Å². The second-order valence-electron chi connectivity index (χ2n) is 7.66. The van der Waals surface area contributed by atoms with Crippen molar-refractivity contribution in [2.45, 2.75) is 45.3 Å². The van der Waals surface area contributed by atoms with Crippen LogP contribution in [0.5, 0.6) is 0 Å². The lowest BCUT2D eigenvalue weighted by Gasteiger charge is -2.24. The molecule has 1 unspecified atom stereocenters. The van der Waals surface area contributed by atoms with Crippen molar-refractivity contribution in [2.75, 3.05) is 6.54 Å². The number of nitrogens with zero attached hydrogens (tertiary/aromatic N) is 1. The molecule has 2 N–H and O–H groups in total. The molecule has 2 atom stereocenters. The number of hydrogen-bond acceptors (Lipinski definition) is 3. The Hall–Kier alpha value is -2.90. The van der Waals surface area contributed by atoms with Gasteiger partial charge in [-0.2, -0.15) is 13.2 Å². The number of nitrogens with one attached hydrogen (secondary N) is 2. The molecule has 0 saturated carbocycles. The fourth-order valence-electron chi connectivity index (χ4n) is 3.67. The van der Waals surface area contributed by atoms with Crippen molar-refractivity contribution in [3.05, 3.63) is 47.7 Å². The van der Waals surface area contributed by atoms with Crippen LogP contribution in [0, 0.1) is 5.92 Å². The normalized spacial score (nSPS) is 17.9. The number of carbonyl (C=O) groups is 2. The van der Waals surface area contributed by atoms with Gasteiger partial charge in [0.05, 0.1) is 17.0 Å². The first-order valence-corrected chi connectivity index (χ1v) is 9.85. The minimum Gasteiger partial charge on any atom is -0.352 e. The highest BCUT2D eigenvalue weighted by Gasteiger charge is 2.39. The number of halogens is 3. The highest BCUT2D eigenvalue weighted by Crippen LogP contribution is 2.40. The van der Waals surface area contributed by atoms with E-state index < -0.39 is 12.1 Å². The summed E-state index contributed by atoms with van der Waals surface area (Å²) in [5.74, 6) is -1.77. The Labute approximate surface area is 172 Å². The molecule has 1 heterocycles. The molecular formula is C22H24F3N3O2. The Morgan fingerprint density at radius 1 is 1.30 bits per heavy atom. The van der Waals surface area contributed by atoms with E-state index in [9.17, 15) is 22.8 Å². The van der Waals surface area contributed by atoms with Crippen LogP contribution < -0.4 is 10.6 Å². The van der Waals surface area contributed by atoms with Crippen molar-refractivity contribution < 1.29 is 22.8 Å². The summed E-state index contributed by atoms with van der Waals surface area (Å²) >= 11 is 0. The fraction of sp³-hybridized carbons (Fsp3) is 0.409. The minimum atomic E-state index is -4.17. The number of rotatable bonds is 5. The minimum absolute atomic E-state index is 0.0256. The standard InChI is InChI=1S/C22H24F3N3O2/c1-13(28-14(2)29)11-27-21(30)17-10-16-4-3-5-19(20(16)26-12-17)15-6-8-18(9-7-15)22(23,24)25/h3-6,10,12-13,18H,7-9,11H2,1-2H3,(H,27,30)(H,28,29)/t13-,18?/m1/s1.